The van der Waals surface area contributed by atoms with Gasteiger partial charge in [-0.2, -0.15) is 0 Å². The molecule has 0 saturated heterocycles. The van der Waals surface area contributed by atoms with Crippen molar-refractivity contribution in [2.45, 2.75) is 19.8 Å². The maximum absolute atomic E-state index is 8.52. The number of unbranched alkanes of at least 4 members (excludes halogenated alkanes) is 1. The normalized spacial score (nSPS) is 11.9. The lowest BCUT2D eigenvalue weighted by Crippen LogP contribution is -1.95. The van der Waals surface area contributed by atoms with Crippen LogP contribution in [-0.2, 0) is 0 Å². The first-order valence-electron chi connectivity index (χ1n) is 3.19. The summed E-state index contributed by atoms with van der Waals surface area (Å²) in [6.45, 7) is 5.70. The number of hydrogen-bond donors (Lipinski definition) is 1. The SMILES string of the molecule is [CH2]CCC#CC(C)CO. The van der Waals surface area contributed by atoms with E-state index in [1.165, 1.54) is 0 Å². The molecule has 0 fully saturated rings. The van der Waals surface area contributed by atoms with Gasteiger partial charge >= 0.3 is 0 Å². The summed E-state index contributed by atoms with van der Waals surface area (Å²) in [5.41, 5.74) is 0. The molecule has 0 aliphatic carbocycles. The average Bonchev–Trinajstić information content (AvgIpc) is 1.89. The molecule has 1 radical (unpaired) electrons. The number of hydrogen-bond acceptors (Lipinski definition) is 1. The van der Waals surface area contributed by atoms with Gasteiger partial charge in [0.1, 0.15) is 0 Å². The van der Waals surface area contributed by atoms with E-state index in [2.05, 4.69) is 18.8 Å². The molecule has 1 heteroatoms. The highest BCUT2D eigenvalue weighted by Crippen LogP contribution is 1.89. The zero-order valence-electron chi connectivity index (χ0n) is 5.85. The van der Waals surface area contributed by atoms with Crippen molar-refractivity contribution in [2.75, 3.05) is 6.61 Å². The zero-order chi connectivity index (χ0) is 7.11. The van der Waals surface area contributed by atoms with Gasteiger partial charge in [0.05, 0.1) is 6.61 Å². The quantitative estimate of drug-likeness (QED) is 0.550. The van der Waals surface area contributed by atoms with Crippen LogP contribution >= 0.6 is 0 Å². The predicted octanol–water partition coefficient (Wildman–Crippen LogP) is 1.23. The third-order valence-electron chi connectivity index (χ3n) is 0.924. The van der Waals surface area contributed by atoms with Crippen LogP contribution in [0.2, 0.25) is 0 Å². The molecular weight excluding hydrogens is 112 g/mol. The standard InChI is InChI=1S/C8H13O/c1-3-4-5-6-8(2)7-9/h8-9H,1,3-4,7H2,2H3. The van der Waals surface area contributed by atoms with Gasteiger partial charge in [-0.3, -0.25) is 0 Å². The largest absolute Gasteiger partial charge is 0.395 e. The maximum atomic E-state index is 8.52. The molecule has 0 saturated carbocycles. The van der Waals surface area contributed by atoms with Crippen LogP contribution in [0.25, 0.3) is 0 Å². The Balaban J connectivity index is 3.33. The monoisotopic (exact) mass is 125 g/mol. The van der Waals surface area contributed by atoms with Gasteiger partial charge in [0, 0.05) is 12.3 Å². The minimum absolute atomic E-state index is 0.122. The van der Waals surface area contributed by atoms with Crippen molar-refractivity contribution in [2.24, 2.45) is 5.92 Å². The van der Waals surface area contributed by atoms with E-state index in [9.17, 15) is 0 Å². The second-order valence-corrected chi connectivity index (χ2v) is 2.01. The van der Waals surface area contributed by atoms with E-state index in [1.54, 1.807) is 0 Å². The van der Waals surface area contributed by atoms with Gasteiger partial charge in [0.2, 0.25) is 0 Å². The fraction of sp³-hybridized carbons (Fsp3) is 0.625. The van der Waals surface area contributed by atoms with Crippen molar-refractivity contribution >= 4 is 0 Å². The van der Waals surface area contributed by atoms with Gasteiger partial charge in [-0.25, -0.2) is 0 Å². The van der Waals surface area contributed by atoms with Crippen molar-refractivity contribution in [3.8, 4) is 11.8 Å². The summed E-state index contributed by atoms with van der Waals surface area (Å²) in [5.74, 6) is 5.93. The van der Waals surface area contributed by atoms with Gasteiger partial charge in [0.25, 0.3) is 0 Å². The molecule has 0 aliphatic rings. The van der Waals surface area contributed by atoms with Crippen LogP contribution in [0.1, 0.15) is 19.8 Å². The summed E-state index contributed by atoms with van der Waals surface area (Å²) in [5, 5.41) is 8.52. The lowest BCUT2D eigenvalue weighted by molar-refractivity contribution is 0.266. The second kappa shape index (κ2) is 5.65. The molecule has 9 heavy (non-hydrogen) atoms. The first kappa shape index (κ1) is 8.52. The molecule has 1 unspecified atom stereocenters. The minimum atomic E-state index is 0.122. The fourth-order valence-electron chi connectivity index (χ4n) is 0.380. The number of aliphatic hydroxyl groups excluding tert-OH is 1. The van der Waals surface area contributed by atoms with Crippen molar-refractivity contribution in [1.82, 2.24) is 0 Å². The molecule has 0 aromatic heterocycles. The lowest BCUT2D eigenvalue weighted by atomic mass is 10.2. The highest BCUT2D eigenvalue weighted by Gasteiger charge is 1.88. The molecule has 1 nitrogen and oxygen atoms in total. The van der Waals surface area contributed by atoms with Gasteiger partial charge in [-0.05, 0) is 13.3 Å². The average molecular weight is 125 g/mol. The summed E-state index contributed by atoms with van der Waals surface area (Å²) >= 11 is 0. The molecular formula is C8H13O. The molecule has 0 aromatic carbocycles. The molecule has 0 spiro atoms. The maximum Gasteiger partial charge on any atom is 0.0566 e. The lowest BCUT2D eigenvalue weighted by Gasteiger charge is -1.92. The first-order valence-corrected chi connectivity index (χ1v) is 3.19. The Bertz CT molecular complexity index is 107. The Morgan fingerprint density at radius 1 is 1.67 bits per heavy atom. The number of aliphatic hydroxyl groups is 1. The fourth-order valence-corrected chi connectivity index (χ4v) is 0.380. The van der Waals surface area contributed by atoms with Gasteiger partial charge in [-0.15, -0.1) is 5.92 Å². The summed E-state index contributed by atoms with van der Waals surface area (Å²) in [6.07, 6.45) is 1.69. The van der Waals surface area contributed by atoms with Gasteiger partial charge < -0.3 is 5.11 Å². The zero-order valence-corrected chi connectivity index (χ0v) is 5.85. The molecule has 0 heterocycles. The van der Waals surface area contributed by atoms with Crippen molar-refractivity contribution in [3.05, 3.63) is 6.92 Å². The molecule has 0 aromatic rings. The van der Waals surface area contributed by atoms with Gasteiger partial charge in [-0.1, -0.05) is 12.8 Å². The Hall–Kier alpha value is -0.480. The van der Waals surface area contributed by atoms with E-state index in [0.29, 0.717) is 0 Å². The molecule has 0 aliphatic heterocycles. The number of rotatable bonds is 2. The molecule has 1 atom stereocenters. The van der Waals surface area contributed by atoms with Crippen LogP contribution < -0.4 is 0 Å². The highest BCUT2D eigenvalue weighted by atomic mass is 16.3. The summed E-state index contributed by atoms with van der Waals surface area (Å²) in [6, 6.07) is 0. The Morgan fingerprint density at radius 2 is 2.33 bits per heavy atom. The molecule has 0 rings (SSSR count). The topological polar surface area (TPSA) is 20.2 Å². The predicted molar refractivity (Wildman–Crippen MR) is 38.6 cm³/mol. The van der Waals surface area contributed by atoms with E-state index in [-0.39, 0.29) is 12.5 Å². The second-order valence-electron chi connectivity index (χ2n) is 2.01. The molecule has 1 N–H and O–H groups in total. The van der Waals surface area contributed by atoms with Gasteiger partial charge in [0.15, 0.2) is 0 Å². The van der Waals surface area contributed by atoms with E-state index in [4.69, 9.17) is 5.11 Å². The van der Waals surface area contributed by atoms with Crippen LogP contribution in [-0.4, -0.2) is 11.7 Å². The first-order chi connectivity index (χ1) is 4.31. The molecule has 0 bridgehead atoms. The van der Waals surface area contributed by atoms with E-state index < -0.39 is 0 Å². The van der Waals surface area contributed by atoms with Crippen LogP contribution in [0, 0.1) is 24.7 Å². The van der Waals surface area contributed by atoms with Crippen LogP contribution in [0.4, 0.5) is 0 Å². The Morgan fingerprint density at radius 3 is 2.78 bits per heavy atom. The Labute approximate surface area is 57.1 Å². The summed E-state index contributed by atoms with van der Waals surface area (Å²) in [7, 11) is 0. The van der Waals surface area contributed by atoms with Crippen molar-refractivity contribution in [1.29, 1.82) is 0 Å². The van der Waals surface area contributed by atoms with E-state index in [1.807, 2.05) is 6.92 Å². The van der Waals surface area contributed by atoms with E-state index >= 15 is 0 Å². The summed E-state index contributed by atoms with van der Waals surface area (Å²) < 4.78 is 0. The third-order valence-corrected chi connectivity index (χ3v) is 0.924. The Kier molecular flexibility index (Phi) is 5.35. The van der Waals surface area contributed by atoms with Crippen molar-refractivity contribution in [3.63, 3.8) is 0 Å². The molecule has 0 amide bonds. The highest BCUT2D eigenvalue weighted by molar-refractivity contribution is 5.02. The van der Waals surface area contributed by atoms with Crippen LogP contribution in [0.15, 0.2) is 0 Å². The van der Waals surface area contributed by atoms with Crippen molar-refractivity contribution < 1.29 is 5.11 Å². The van der Waals surface area contributed by atoms with E-state index in [0.717, 1.165) is 12.8 Å². The third kappa shape index (κ3) is 5.39. The smallest absolute Gasteiger partial charge is 0.0566 e. The van der Waals surface area contributed by atoms with Crippen LogP contribution in [0.5, 0.6) is 0 Å². The van der Waals surface area contributed by atoms with Crippen LogP contribution in [0.3, 0.4) is 0 Å². The molecule has 51 valence electrons. The summed E-state index contributed by atoms with van der Waals surface area (Å²) in [4.78, 5) is 0. The minimum Gasteiger partial charge on any atom is -0.395 e.